The Kier molecular flexibility index (Phi) is 5.75. The first kappa shape index (κ1) is 17.5. The average molecular weight is 298 g/mol. The first-order valence-corrected chi connectivity index (χ1v) is 7.35. The van der Waals surface area contributed by atoms with Gasteiger partial charge >= 0.3 is 5.97 Å². The molecule has 0 aromatic carbocycles. The SMILES string of the molecule is CCC(=O)N1CC(NC(=O)C(C)(C)C)CC(C(=O)OC)C1. The van der Waals surface area contributed by atoms with Gasteiger partial charge < -0.3 is 15.0 Å². The molecule has 1 aliphatic rings. The Hall–Kier alpha value is -1.59. The van der Waals surface area contributed by atoms with Crippen molar-refractivity contribution in [1.82, 2.24) is 10.2 Å². The van der Waals surface area contributed by atoms with E-state index in [9.17, 15) is 14.4 Å². The van der Waals surface area contributed by atoms with E-state index in [2.05, 4.69) is 5.32 Å². The number of carbonyl (C=O) groups is 3. The molecular formula is C15H26N2O4. The minimum absolute atomic E-state index is 0.0152. The van der Waals surface area contributed by atoms with Crippen LogP contribution in [0.4, 0.5) is 0 Å². The number of piperidine rings is 1. The molecule has 2 unspecified atom stereocenters. The van der Waals surface area contributed by atoms with Gasteiger partial charge in [-0.05, 0) is 6.42 Å². The maximum absolute atomic E-state index is 12.1. The average Bonchev–Trinajstić information content (AvgIpc) is 2.44. The van der Waals surface area contributed by atoms with E-state index in [0.717, 1.165) is 0 Å². The molecule has 1 N–H and O–H groups in total. The predicted molar refractivity (Wildman–Crippen MR) is 78.4 cm³/mol. The summed E-state index contributed by atoms with van der Waals surface area (Å²) in [6, 6.07) is -0.218. The highest BCUT2D eigenvalue weighted by Crippen LogP contribution is 2.21. The van der Waals surface area contributed by atoms with Gasteiger partial charge in [-0.15, -0.1) is 0 Å². The van der Waals surface area contributed by atoms with Crippen molar-refractivity contribution in [3.8, 4) is 0 Å². The highest BCUT2D eigenvalue weighted by Gasteiger charge is 2.35. The smallest absolute Gasteiger partial charge is 0.310 e. The maximum Gasteiger partial charge on any atom is 0.310 e. The van der Waals surface area contributed by atoms with Crippen LogP contribution in [0.1, 0.15) is 40.5 Å². The van der Waals surface area contributed by atoms with Crippen molar-refractivity contribution in [2.75, 3.05) is 20.2 Å². The molecule has 1 rings (SSSR count). The summed E-state index contributed by atoms with van der Waals surface area (Å²) in [7, 11) is 1.34. The second-order valence-electron chi connectivity index (χ2n) is 6.53. The van der Waals surface area contributed by atoms with Crippen molar-refractivity contribution in [2.45, 2.75) is 46.6 Å². The van der Waals surface area contributed by atoms with Gasteiger partial charge in [0.05, 0.1) is 13.0 Å². The molecule has 2 atom stereocenters. The monoisotopic (exact) mass is 298 g/mol. The normalized spacial score (nSPS) is 22.6. The highest BCUT2D eigenvalue weighted by molar-refractivity contribution is 5.82. The third kappa shape index (κ3) is 4.72. The molecule has 1 fully saturated rings. The molecule has 0 spiro atoms. The summed E-state index contributed by atoms with van der Waals surface area (Å²) < 4.78 is 4.78. The van der Waals surface area contributed by atoms with Crippen LogP contribution in [-0.4, -0.2) is 48.9 Å². The van der Waals surface area contributed by atoms with E-state index >= 15 is 0 Å². The molecule has 2 amide bonds. The van der Waals surface area contributed by atoms with Crippen LogP contribution < -0.4 is 5.32 Å². The Bertz CT molecular complexity index is 390. The molecule has 0 aromatic heterocycles. The Balaban J connectivity index is 2.81. The van der Waals surface area contributed by atoms with Crippen LogP contribution >= 0.6 is 0 Å². The summed E-state index contributed by atoms with van der Waals surface area (Å²) in [6.45, 7) is 8.09. The predicted octanol–water partition coefficient (Wildman–Crippen LogP) is 0.949. The topological polar surface area (TPSA) is 75.7 Å². The van der Waals surface area contributed by atoms with Crippen molar-refractivity contribution >= 4 is 17.8 Å². The van der Waals surface area contributed by atoms with Gasteiger partial charge in [0.25, 0.3) is 0 Å². The Morgan fingerprint density at radius 3 is 2.33 bits per heavy atom. The zero-order chi connectivity index (χ0) is 16.2. The number of rotatable bonds is 3. The van der Waals surface area contributed by atoms with E-state index in [1.54, 1.807) is 11.8 Å². The van der Waals surface area contributed by atoms with Crippen molar-refractivity contribution in [3.63, 3.8) is 0 Å². The lowest BCUT2D eigenvalue weighted by Gasteiger charge is -2.37. The van der Waals surface area contributed by atoms with Gasteiger partial charge in [-0.3, -0.25) is 14.4 Å². The number of hydrogen-bond acceptors (Lipinski definition) is 4. The van der Waals surface area contributed by atoms with E-state index in [1.807, 2.05) is 20.8 Å². The highest BCUT2D eigenvalue weighted by atomic mass is 16.5. The van der Waals surface area contributed by atoms with Crippen LogP contribution in [-0.2, 0) is 19.1 Å². The molecule has 21 heavy (non-hydrogen) atoms. The van der Waals surface area contributed by atoms with E-state index in [0.29, 0.717) is 25.9 Å². The first-order valence-electron chi connectivity index (χ1n) is 7.35. The maximum atomic E-state index is 12.1. The molecule has 0 aliphatic carbocycles. The fraction of sp³-hybridized carbons (Fsp3) is 0.800. The summed E-state index contributed by atoms with van der Waals surface area (Å²) in [5.41, 5.74) is -0.502. The first-order chi connectivity index (χ1) is 9.68. The molecule has 6 heteroatoms. The zero-order valence-electron chi connectivity index (χ0n) is 13.6. The third-order valence-electron chi connectivity index (χ3n) is 3.66. The van der Waals surface area contributed by atoms with Crippen LogP contribution in [0.25, 0.3) is 0 Å². The molecule has 0 saturated carbocycles. The van der Waals surface area contributed by atoms with Crippen molar-refractivity contribution < 1.29 is 19.1 Å². The standard InChI is InChI=1S/C15H26N2O4/c1-6-12(18)17-8-10(13(19)21-5)7-11(9-17)16-14(20)15(2,3)4/h10-11H,6-9H2,1-5H3,(H,16,20). The Labute approximate surface area is 126 Å². The number of carbonyl (C=O) groups excluding carboxylic acids is 3. The summed E-state index contributed by atoms with van der Waals surface area (Å²) in [6.07, 6.45) is 0.885. The third-order valence-corrected chi connectivity index (χ3v) is 3.66. The number of methoxy groups -OCH3 is 1. The zero-order valence-corrected chi connectivity index (χ0v) is 13.6. The van der Waals surface area contributed by atoms with Crippen LogP contribution in [0.3, 0.4) is 0 Å². The van der Waals surface area contributed by atoms with E-state index in [4.69, 9.17) is 4.74 Å². The number of nitrogens with zero attached hydrogens (tertiary/aromatic N) is 1. The lowest BCUT2D eigenvalue weighted by molar-refractivity contribution is -0.150. The van der Waals surface area contributed by atoms with Crippen LogP contribution in [0, 0.1) is 11.3 Å². The number of ether oxygens (including phenoxy) is 1. The van der Waals surface area contributed by atoms with E-state index in [-0.39, 0.29) is 29.7 Å². The number of esters is 1. The summed E-state index contributed by atoms with van der Waals surface area (Å²) in [4.78, 5) is 37.4. The molecule has 1 saturated heterocycles. The van der Waals surface area contributed by atoms with Gasteiger partial charge in [-0.25, -0.2) is 0 Å². The summed E-state index contributed by atoms with van der Waals surface area (Å²) >= 11 is 0. The van der Waals surface area contributed by atoms with Gasteiger partial charge in [0.2, 0.25) is 11.8 Å². The second kappa shape index (κ2) is 6.91. The Morgan fingerprint density at radius 2 is 1.86 bits per heavy atom. The molecule has 6 nitrogen and oxygen atoms in total. The van der Waals surface area contributed by atoms with Gasteiger partial charge in [0.1, 0.15) is 0 Å². The van der Waals surface area contributed by atoms with Crippen LogP contribution in [0.2, 0.25) is 0 Å². The molecular weight excluding hydrogens is 272 g/mol. The lowest BCUT2D eigenvalue weighted by Crippen LogP contribution is -2.55. The largest absolute Gasteiger partial charge is 0.469 e. The fourth-order valence-electron chi connectivity index (χ4n) is 2.37. The lowest BCUT2D eigenvalue weighted by atomic mass is 9.91. The Morgan fingerprint density at radius 1 is 1.24 bits per heavy atom. The van der Waals surface area contributed by atoms with Gasteiger partial charge in [-0.1, -0.05) is 27.7 Å². The minimum Gasteiger partial charge on any atom is -0.469 e. The minimum atomic E-state index is -0.502. The molecule has 0 bridgehead atoms. The van der Waals surface area contributed by atoms with Crippen molar-refractivity contribution in [1.29, 1.82) is 0 Å². The van der Waals surface area contributed by atoms with E-state index in [1.165, 1.54) is 7.11 Å². The number of hydrogen-bond donors (Lipinski definition) is 1. The fourth-order valence-corrected chi connectivity index (χ4v) is 2.37. The van der Waals surface area contributed by atoms with Gasteiger partial charge in [0.15, 0.2) is 0 Å². The molecule has 120 valence electrons. The molecule has 1 heterocycles. The number of likely N-dealkylation sites (tertiary alicyclic amines) is 1. The number of amides is 2. The van der Waals surface area contributed by atoms with Crippen molar-refractivity contribution in [2.24, 2.45) is 11.3 Å². The van der Waals surface area contributed by atoms with Crippen LogP contribution in [0.5, 0.6) is 0 Å². The second-order valence-corrected chi connectivity index (χ2v) is 6.53. The molecule has 0 aromatic rings. The van der Waals surface area contributed by atoms with E-state index < -0.39 is 5.41 Å². The summed E-state index contributed by atoms with van der Waals surface area (Å²) in [5, 5.41) is 2.94. The summed E-state index contributed by atoms with van der Waals surface area (Å²) in [5.74, 6) is -0.816. The van der Waals surface area contributed by atoms with Gasteiger partial charge in [-0.2, -0.15) is 0 Å². The van der Waals surface area contributed by atoms with Crippen molar-refractivity contribution in [3.05, 3.63) is 0 Å². The quantitative estimate of drug-likeness (QED) is 0.787. The number of nitrogens with one attached hydrogen (secondary N) is 1. The molecule has 0 radical (unpaired) electrons. The molecule has 1 aliphatic heterocycles. The van der Waals surface area contributed by atoms with Crippen LogP contribution in [0.15, 0.2) is 0 Å². The van der Waals surface area contributed by atoms with Gasteiger partial charge in [0, 0.05) is 31.0 Å².